The lowest BCUT2D eigenvalue weighted by Gasteiger charge is -2.21. The van der Waals surface area contributed by atoms with Crippen LogP contribution in [0.1, 0.15) is 387 Å². The molecule has 0 saturated heterocycles. The third-order valence-electron chi connectivity index (χ3n) is 18.9. The van der Waals surface area contributed by atoms with Crippen LogP contribution in [0, 0.1) is 0 Å². The number of allylic oxidation sites excluding steroid dienone is 20. The van der Waals surface area contributed by atoms with Crippen LogP contribution in [-0.2, 0) is 65.4 Å². The Balaban J connectivity index is 5.41. The summed E-state index contributed by atoms with van der Waals surface area (Å²) in [4.78, 5) is 73.4. The molecular formula is C93H162O17P2. The van der Waals surface area contributed by atoms with E-state index in [1.165, 1.54) is 96.3 Å². The van der Waals surface area contributed by atoms with E-state index in [1.807, 2.05) is 0 Å². The van der Waals surface area contributed by atoms with Crippen LogP contribution in [0.25, 0.3) is 0 Å². The van der Waals surface area contributed by atoms with Crippen molar-refractivity contribution in [1.82, 2.24) is 0 Å². The minimum atomic E-state index is -4.99. The van der Waals surface area contributed by atoms with E-state index in [0.717, 1.165) is 212 Å². The second-order valence-corrected chi connectivity index (χ2v) is 32.7. The monoisotopic (exact) mass is 1610 g/mol. The standard InChI is InChI=1S/C93H162O17P2/c1-5-9-13-17-21-25-29-33-37-40-43-46-50-53-57-61-65-69-73-77-90(95)103-83-88(109-92(97)79-75-71-67-63-59-55-49-36-32-28-24-20-16-12-8-4)85-107-111(99,100)105-81-87(94)82-106-112(101,102)108-86-89(110-93(98)80-76-72-68-64-60-56-52-48-45-42-39-35-31-27-23-19-15-11-7-3)84-104-91(96)78-74-70-66-62-58-54-51-47-44-41-38-34-30-26-22-18-14-10-6-2/h21-23,25-27,33-39,43-49,87-89,94H,5-20,24,28-32,40-42,50-86H2,1-4H3,(H,99,100)(H,101,102)/b25-21-,26-22-,27-23-,37-33-,38-34-,39-35-,46-43-,47-44-,48-45-,49-36-. The third kappa shape index (κ3) is 83.4. The van der Waals surface area contributed by atoms with Gasteiger partial charge in [-0.2, -0.15) is 0 Å². The average Bonchev–Trinajstić information content (AvgIpc) is 0.898. The van der Waals surface area contributed by atoms with Crippen LogP contribution in [0.4, 0.5) is 0 Å². The highest BCUT2D eigenvalue weighted by molar-refractivity contribution is 7.47. The minimum Gasteiger partial charge on any atom is -0.462 e. The largest absolute Gasteiger partial charge is 0.472 e. The van der Waals surface area contributed by atoms with Crippen molar-refractivity contribution in [2.45, 2.75) is 406 Å². The summed E-state index contributed by atoms with van der Waals surface area (Å²) >= 11 is 0. The topological polar surface area (TPSA) is 237 Å². The molecule has 0 aromatic carbocycles. The molecule has 0 aromatic heterocycles. The number of esters is 4. The van der Waals surface area contributed by atoms with Gasteiger partial charge in [-0.3, -0.25) is 37.3 Å². The highest BCUT2D eigenvalue weighted by Crippen LogP contribution is 2.45. The molecule has 0 aliphatic carbocycles. The van der Waals surface area contributed by atoms with Gasteiger partial charge in [0.25, 0.3) is 0 Å². The number of rotatable bonds is 84. The SMILES string of the molecule is CCCCC/C=C\C/C=C\C/C=C\CCCCCCCCC(=O)OCC(COP(=O)(O)OCC(O)COP(=O)(O)OCC(COC(=O)CCCCCCCC/C=C\C/C=C\C/C=C\CCCCC)OC(=O)CCCCCCCC/C=C\C/C=C\C/C=C\CCCCC)OC(=O)CCCCCCC/C=C\CCCCCCCC. The number of carbonyl (C=O) groups is 4. The van der Waals surface area contributed by atoms with Crippen molar-refractivity contribution >= 4 is 39.5 Å². The molecule has 112 heavy (non-hydrogen) atoms. The Morgan fingerprint density at radius 1 is 0.250 bits per heavy atom. The summed E-state index contributed by atoms with van der Waals surface area (Å²) in [6, 6.07) is 0. The van der Waals surface area contributed by atoms with Crippen LogP contribution in [0.2, 0.25) is 0 Å². The number of unbranched alkanes of at least 4 members (excludes halogenated alkanes) is 38. The second-order valence-electron chi connectivity index (χ2n) is 29.8. The van der Waals surface area contributed by atoms with Crippen LogP contribution >= 0.6 is 15.6 Å². The summed E-state index contributed by atoms with van der Waals surface area (Å²) < 4.78 is 68.9. The first-order chi connectivity index (χ1) is 54.7. The molecule has 0 saturated carbocycles. The highest BCUT2D eigenvalue weighted by atomic mass is 31.2. The Kier molecular flexibility index (Phi) is 81.0. The number of phosphoric acid groups is 2. The first-order valence-electron chi connectivity index (χ1n) is 44.8. The lowest BCUT2D eigenvalue weighted by atomic mass is 10.1. The first kappa shape index (κ1) is 107. The summed E-state index contributed by atoms with van der Waals surface area (Å²) in [7, 11) is -9.99. The van der Waals surface area contributed by atoms with Gasteiger partial charge in [0.2, 0.25) is 0 Å². The van der Waals surface area contributed by atoms with Gasteiger partial charge in [-0.1, -0.05) is 316 Å². The van der Waals surface area contributed by atoms with Gasteiger partial charge in [-0.15, -0.1) is 0 Å². The maximum Gasteiger partial charge on any atom is 0.472 e. The molecule has 0 spiro atoms. The fourth-order valence-corrected chi connectivity index (χ4v) is 13.6. The maximum atomic E-state index is 13.2. The van der Waals surface area contributed by atoms with E-state index in [9.17, 15) is 43.2 Å². The Morgan fingerprint density at radius 3 is 0.696 bits per heavy atom. The molecule has 0 heterocycles. The van der Waals surface area contributed by atoms with Crippen LogP contribution < -0.4 is 0 Å². The molecule has 0 fully saturated rings. The van der Waals surface area contributed by atoms with Crippen molar-refractivity contribution in [3.63, 3.8) is 0 Å². The van der Waals surface area contributed by atoms with Crippen molar-refractivity contribution in [2.75, 3.05) is 39.6 Å². The van der Waals surface area contributed by atoms with Crippen LogP contribution in [0.15, 0.2) is 122 Å². The molecule has 0 aromatic rings. The van der Waals surface area contributed by atoms with Gasteiger partial charge in [0, 0.05) is 25.7 Å². The molecule has 5 atom stereocenters. The number of hydrogen-bond donors (Lipinski definition) is 3. The molecule has 5 unspecified atom stereocenters. The zero-order valence-electron chi connectivity index (χ0n) is 71.1. The molecule has 646 valence electrons. The molecule has 0 amide bonds. The Hall–Kier alpha value is -4.54. The van der Waals surface area contributed by atoms with Crippen LogP contribution in [-0.4, -0.2) is 96.7 Å². The van der Waals surface area contributed by atoms with E-state index in [2.05, 4.69) is 149 Å². The Labute approximate surface area is 682 Å². The molecule has 0 radical (unpaired) electrons. The summed E-state index contributed by atoms with van der Waals surface area (Å²) in [5.41, 5.74) is 0. The quantitative estimate of drug-likeness (QED) is 0.0169. The molecule has 3 N–H and O–H groups in total. The van der Waals surface area contributed by atoms with Crippen LogP contribution in [0.3, 0.4) is 0 Å². The lowest BCUT2D eigenvalue weighted by Crippen LogP contribution is -2.30. The number of aliphatic hydroxyl groups is 1. The van der Waals surface area contributed by atoms with Crippen LogP contribution in [0.5, 0.6) is 0 Å². The van der Waals surface area contributed by atoms with E-state index in [1.54, 1.807) is 0 Å². The lowest BCUT2D eigenvalue weighted by molar-refractivity contribution is -0.161. The van der Waals surface area contributed by atoms with Crippen molar-refractivity contribution in [3.05, 3.63) is 122 Å². The number of carbonyl (C=O) groups excluding carboxylic acids is 4. The zero-order chi connectivity index (χ0) is 81.7. The third-order valence-corrected chi connectivity index (χ3v) is 20.8. The Morgan fingerprint density at radius 2 is 0.438 bits per heavy atom. The Bertz CT molecular complexity index is 2590. The van der Waals surface area contributed by atoms with Gasteiger partial charge in [-0.05, 0) is 167 Å². The fourth-order valence-electron chi connectivity index (χ4n) is 12.0. The van der Waals surface area contributed by atoms with E-state index in [0.29, 0.717) is 25.7 Å². The molecule has 0 rings (SSSR count). The molecule has 0 aliphatic heterocycles. The van der Waals surface area contributed by atoms with E-state index in [4.69, 9.17) is 37.0 Å². The van der Waals surface area contributed by atoms with Gasteiger partial charge in [0.15, 0.2) is 12.2 Å². The smallest absolute Gasteiger partial charge is 0.462 e. The molecule has 17 nitrogen and oxygen atoms in total. The number of hydrogen-bond acceptors (Lipinski definition) is 15. The summed E-state index contributed by atoms with van der Waals surface area (Å²) in [6.07, 6.45) is 95.6. The molecule has 0 aliphatic rings. The van der Waals surface area contributed by atoms with Crippen molar-refractivity contribution in [1.29, 1.82) is 0 Å². The number of ether oxygens (including phenoxy) is 4. The summed E-state index contributed by atoms with van der Waals surface area (Å²) in [6.45, 7) is 4.80. The van der Waals surface area contributed by atoms with Crippen molar-refractivity contribution in [3.8, 4) is 0 Å². The number of phosphoric ester groups is 2. The normalized spacial score (nSPS) is 14.3. The van der Waals surface area contributed by atoms with Gasteiger partial charge in [0.1, 0.15) is 19.3 Å². The summed E-state index contributed by atoms with van der Waals surface area (Å²) in [5, 5.41) is 10.7. The summed E-state index contributed by atoms with van der Waals surface area (Å²) in [5.74, 6) is -2.21. The van der Waals surface area contributed by atoms with Gasteiger partial charge >= 0.3 is 39.5 Å². The van der Waals surface area contributed by atoms with Crippen molar-refractivity contribution in [2.24, 2.45) is 0 Å². The molecule has 19 heteroatoms. The fraction of sp³-hybridized carbons (Fsp3) is 0.742. The predicted octanol–water partition coefficient (Wildman–Crippen LogP) is 27.0. The second kappa shape index (κ2) is 84.4. The highest BCUT2D eigenvalue weighted by Gasteiger charge is 2.30. The van der Waals surface area contributed by atoms with E-state index >= 15 is 0 Å². The van der Waals surface area contributed by atoms with Crippen molar-refractivity contribution < 1.29 is 80.2 Å². The van der Waals surface area contributed by atoms with E-state index < -0.39 is 97.5 Å². The first-order valence-corrected chi connectivity index (χ1v) is 47.8. The zero-order valence-corrected chi connectivity index (χ0v) is 72.9. The predicted molar refractivity (Wildman–Crippen MR) is 464 cm³/mol. The van der Waals surface area contributed by atoms with Gasteiger partial charge in [-0.25, -0.2) is 9.13 Å². The molecular weight excluding hydrogens is 1450 g/mol. The van der Waals surface area contributed by atoms with Gasteiger partial charge in [0.05, 0.1) is 26.4 Å². The van der Waals surface area contributed by atoms with Gasteiger partial charge < -0.3 is 33.8 Å². The maximum absolute atomic E-state index is 13.2. The average molecular weight is 1610 g/mol. The minimum absolute atomic E-state index is 0.0756. The van der Waals surface area contributed by atoms with E-state index in [-0.39, 0.29) is 25.7 Å². The molecule has 0 bridgehead atoms. The number of aliphatic hydroxyl groups excluding tert-OH is 1.